The molecule has 43 heavy (non-hydrogen) atoms. The van der Waals surface area contributed by atoms with Crippen LogP contribution >= 0.6 is 0 Å². The number of esters is 1. The predicted octanol–water partition coefficient (Wildman–Crippen LogP) is 4.85. The highest BCUT2D eigenvalue weighted by Gasteiger charge is 2.28. The van der Waals surface area contributed by atoms with E-state index >= 15 is 0 Å². The van der Waals surface area contributed by atoms with Crippen LogP contribution in [0.1, 0.15) is 48.5 Å². The van der Waals surface area contributed by atoms with Gasteiger partial charge < -0.3 is 20.5 Å². The predicted molar refractivity (Wildman–Crippen MR) is 162 cm³/mol. The molecule has 0 spiro atoms. The van der Waals surface area contributed by atoms with Gasteiger partial charge in [-0.25, -0.2) is 4.39 Å². The molecule has 0 fully saturated rings. The average molecular weight is 587 g/mol. The molecule has 3 N–H and O–H groups in total. The Hall–Kier alpha value is -4.30. The molecule has 0 aliphatic carbocycles. The van der Waals surface area contributed by atoms with Crippen molar-refractivity contribution < 1.29 is 28.6 Å². The summed E-state index contributed by atoms with van der Waals surface area (Å²) >= 11 is 0. The zero-order valence-corrected chi connectivity index (χ0v) is 24.2. The van der Waals surface area contributed by atoms with Gasteiger partial charge in [-0.1, -0.05) is 84.9 Å². The monoisotopic (exact) mass is 586 g/mol. The van der Waals surface area contributed by atoms with Crippen molar-refractivity contribution >= 4 is 17.8 Å². The highest BCUT2D eigenvalue weighted by atomic mass is 19.1. The summed E-state index contributed by atoms with van der Waals surface area (Å²) in [5.41, 5.74) is 2.57. The number of aliphatic hydroxyl groups is 1. The van der Waals surface area contributed by atoms with Crippen molar-refractivity contribution in [1.29, 1.82) is 0 Å². The van der Waals surface area contributed by atoms with E-state index in [9.17, 15) is 23.9 Å². The van der Waals surface area contributed by atoms with E-state index in [2.05, 4.69) is 10.6 Å². The molecule has 3 aromatic carbocycles. The fourth-order valence-electron chi connectivity index (χ4n) is 5.21. The Morgan fingerprint density at radius 2 is 1.63 bits per heavy atom. The fourth-order valence-corrected chi connectivity index (χ4v) is 5.21. The number of rotatable bonds is 9. The number of allylic oxidation sites excluding steroid dienone is 2. The summed E-state index contributed by atoms with van der Waals surface area (Å²) in [6, 6.07) is 24.4. The van der Waals surface area contributed by atoms with Crippen LogP contribution in [0, 0.1) is 17.7 Å². The molecule has 0 bridgehead atoms. The lowest BCUT2D eigenvalue weighted by atomic mass is 9.94. The van der Waals surface area contributed by atoms with E-state index < -0.39 is 24.0 Å². The smallest absolute Gasteiger partial charge is 0.309 e. The second-order valence-corrected chi connectivity index (χ2v) is 10.9. The normalized spacial score (nSPS) is 21.2. The second kappa shape index (κ2) is 16.4. The molecule has 0 saturated carbocycles. The third kappa shape index (κ3) is 10.2. The first-order chi connectivity index (χ1) is 20.9. The Morgan fingerprint density at radius 3 is 2.33 bits per heavy atom. The van der Waals surface area contributed by atoms with E-state index in [1.54, 1.807) is 12.1 Å². The first kappa shape index (κ1) is 31.6. The summed E-state index contributed by atoms with van der Waals surface area (Å²) < 4.78 is 19.4. The number of ether oxygens (including phenoxy) is 1. The van der Waals surface area contributed by atoms with Crippen molar-refractivity contribution in [2.75, 3.05) is 13.2 Å². The van der Waals surface area contributed by atoms with Crippen LogP contribution in [0.15, 0.2) is 97.1 Å². The molecule has 1 aliphatic heterocycles. The van der Waals surface area contributed by atoms with E-state index in [1.165, 1.54) is 12.1 Å². The summed E-state index contributed by atoms with van der Waals surface area (Å²) in [5.74, 6) is -2.46. The summed E-state index contributed by atoms with van der Waals surface area (Å²) in [7, 11) is 0. The molecule has 4 atom stereocenters. The van der Waals surface area contributed by atoms with Gasteiger partial charge in [-0.2, -0.15) is 0 Å². The van der Waals surface area contributed by atoms with Crippen LogP contribution in [0.25, 0.3) is 0 Å². The number of benzene rings is 3. The standard InChI is InChI=1S/C35H39FN2O5/c36-30-18-16-26(17-19-30)20-29-15-9-3-8-14-28(22-33(40)38-31(24-39)21-25-10-4-1-5-11-25)34(41)37-23-32(43-35(29)42)27-12-6-2-7-13-27/h1-8,10-13,16-19,28-29,31-32,39H,9,14-15,20-24H2,(H,37,41)(H,38,40)/b8-3-/t28-,29-,31+,32+/m1/s1. The largest absolute Gasteiger partial charge is 0.455 e. The molecule has 7 nitrogen and oxygen atoms in total. The van der Waals surface area contributed by atoms with Crippen LogP contribution in [-0.4, -0.2) is 42.1 Å². The number of carbonyl (C=O) groups is 3. The number of halogens is 1. The summed E-state index contributed by atoms with van der Waals surface area (Å²) in [6.45, 7) is -0.173. The lowest BCUT2D eigenvalue weighted by Crippen LogP contribution is -2.42. The molecular weight excluding hydrogens is 547 g/mol. The van der Waals surface area contributed by atoms with Crippen molar-refractivity contribution in [3.05, 3.63) is 120 Å². The van der Waals surface area contributed by atoms with Crippen LogP contribution < -0.4 is 10.6 Å². The van der Waals surface area contributed by atoms with E-state index in [0.29, 0.717) is 32.1 Å². The van der Waals surface area contributed by atoms with E-state index in [-0.39, 0.29) is 43.2 Å². The van der Waals surface area contributed by atoms with Gasteiger partial charge in [0.2, 0.25) is 11.8 Å². The highest BCUT2D eigenvalue weighted by molar-refractivity contribution is 5.86. The highest BCUT2D eigenvalue weighted by Crippen LogP contribution is 2.24. The minimum atomic E-state index is -0.721. The minimum absolute atomic E-state index is 0.0486. The van der Waals surface area contributed by atoms with Gasteiger partial charge in [-0.3, -0.25) is 14.4 Å². The number of cyclic esters (lactones) is 1. The molecule has 3 aromatic rings. The second-order valence-electron chi connectivity index (χ2n) is 10.9. The number of aliphatic hydroxyl groups excluding tert-OH is 1. The van der Waals surface area contributed by atoms with Gasteiger partial charge in [0.05, 0.1) is 31.0 Å². The summed E-state index contributed by atoms with van der Waals surface area (Å²) in [6.07, 6.45) is 5.32. The topological polar surface area (TPSA) is 105 Å². The van der Waals surface area contributed by atoms with Crippen molar-refractivity contribution in [3.8, 4) is 0 Å². The Balaban J connectivity index is 1.47. The Kier molecular flexibility index (Phi) is 12.0. The maximum Gasteiger partial charge on any atom is 0.309 e. The maximum atomic E-state index is 13.5. The average Bonchev–Trinajstić information content (AvgIpc) is 3.03. The van der Waals surface area contributed by atoms with Gasteiger partial charge in [-0.05, 0) is 60.9 Å². The lowest BCUT2D eigenvalue weighted by Gasteiger charge is -2.24. The van der Waals surface area contributed by atoms with Crippen molar-refractivity contribution in [2.24, 2.45) is 11.8 Å². The number of carbonyl (C=O) groups excluding carboxylic acids is 3. The molecule has 0 aromatic heterocycles. The van der Waals surface area contributed by atoms with Crippen LogP contribution in [0.5, 0.6) is 0 Å². The van der Waals surface area contributed by atoms with Gasteiger partial charge in [0.1, 0.15) is 11.9 Å². The molecular formula is C35H39FN2O5. The first-order valence-electron chi connectivity index (χ1n) is 14.8. The fraction of sp³-hybridized carbons (Fsp3) is 0.343. The summed E-state index contributed by atoms with van der Waals surface area (Å²) in [4.78, 5) is 39.8. The molecule has 226 valence electrons. The van der Waals surface area contributed by atoms with Crippen LogP contribution in [0.4, 0.5) is 4.39 Å². The zero-order valence-electron chi connectivity index (χ0n) is 24.2. The van der Waals surface area contributed by atoms with Gasteiger partial charge in [0.25, 0.3) is 0 Å². The van der Waals surface area contributed by atoms with Crippen molar-refractivity contribution in [1.82, 2.24) is 10.6 Å². The van der Waals surface area contributed by atoms with Crippen LogP contribution in [0.3, 0.4) is 0 Å². The Morgan fingerprint density at radius 1 is 0.930 bits per heavy atom. The number of nitrogens with one attached hydrogen (secondary N) is 2. The number of hydrogen-bond donors (Lipinski definition) is 3. The molecule has 0 unspecified atom stereocenters. The molecule has 1 heterocycles. The van der Waals surface area contributed by atoms with Gasteiger partial charge in [0, 0.05) is 6.42 Å². The third-order valence-corrected chi connectivity index (χ3v) is 7.60. The minimum Gasteiger partial charge on any atom is -0.455 e. The number of amides is 2. The van der Waals surface area contributed by atoms with Gasteiger partial charge in [-0.15, -0.1) is 0 Å². The molecule has 2 amide bonds. The number of hydrogen-bond acceptors (Lipinski definition) is 5. The molecule has 8 heteroatoms. The first-order valence-corrected chi connectivity index (χ1v) is 14.8. The quantitative estimate of drug-likeness (QED) is 0.246. The van der Waals surface area contributed by atoms with Crippen molar-refractivity contribution in [2.45, 2.75) is 50.7 Å². The third-order valence-electron chi connectivity index (χ3n) is 7.60. The molecule has 0 radical (unpaired) electrons. The molecule has 4 rings (SSSR count). The van der Waals surface area contributed by atoms with Gasteiger partial charge in [0.15, 0.2) is 0 Å². The van der Waals surface area contributed by atoms with Crippen LogP contribution in [-0.2, 0) is 32.0 Å². The SMILES string of the molecule is O=C(C[C@H]1C/C=C\CC[C@H](Cc2ccc(F)cc2)C(=O)O[C@H](c2ccccc2)CNC1=O)N[C@H](CO)Cc1ccccc1. The van der Waals surface area contributed by atoms with E-state index in [0.717, 1.165) is 16.7 Å². The van der Waals surface area contributed by atoms with E-state index in [4.69, 9.17) is 4.74 Å². The Bertz CT molecular complexity index is 1350. The summed E-state index contributed by atoms with van der Waals surface area (Å²) in [5, 5.41) is 15.6. The Labute approximate surface area is 252 Å². The maximum absolute atomic E-state index is 13.5. The zero-order chi connectivity index (χ0) is 30.4. The lowest BCUT2D eigenvalue weighted by molar-refractivity contribution is -0.155. The molecule has 1 aliphatic rings. The van der Waals surface area contributed by atoms with Gasteiger partial charge >= 0.3 is 5.97 Å². The van der Waals surface area contributed by atoms with Crippen molar-refractivity contribution in [3.63, 3.8) is 0 Å². The molecule has 0 saturated heterocycles. The van der Waals surface area contributed by atoms with Crippen LogP contribution in [0.2, 0.25) is 0 Å². The van der Waals surface area contributed by atoms with E-state index in [1.807, 2.05) is 72.8 Å².